The summed E-state index contributed by atoms with van der Waals surface area (Å²) in [6.07, 6.45) is 8.40. The number of allylic oxidation sites excluding steroid dienone is 4. The van der Waals surface area contributed by atoms with Crippen molar-refractivity contribution in [2.45, 2.75) is 26.4 Å². The Morgan fingerprint density at radius 2 is 2.31 bits per heavy atom. The molecule has 0 aromatic heterocycles. The molecule has 2 aliphatic rings. The van der Waals surface area contributed by atoms with E-state index in [1.54, 1.807) is 0 Å². The van der Waals surface area contributed by atoms with Crippen LogP contribution < -0.4 is 5.32 Å². The Balaban J connectivity index is 2.14. The number of rotatable bonds is 1. The quantitative estimate of drug-likeness (QED) is 0.657. The summed E-state index contributed by atoms with van der Waals surface area (Å²) in [6.45, 7) is 6.82. The maximum atomic E-state index is 3.45. The molecule has 2 nitrogen and oxygen atoms in total. The lowest BCUT2D eigenvalue weighted by Gasteiger charge is -2.31. The Labute approximate surface area is 80.3 Å². The van der Waals surface area contributed by atoms with Gasteiger partial charge in [-0.25, -0.2) is 0 Å². The average molecular weight is 178 g/mol. The molecule has 72 valence electrons. The van der Waals surface area contributed by atoms with Gasteiger partial charge < -0.3 is 4.90 Å². The first-order chi connectivity index (χ1) is 6.29. The molecule has 0 saturated carbocycles. The van der Waals surface area contributed by atoms with Gasteiger partial charge in [0.15, 0.2) is 0 Å². The van der Waals surface area contributed by atoms with Crippen LogP contribution in [0.5, 0.6) is 0 Å². The highest BCUT2D eigenvalue weighted by molar-refractivity contribution is 5.20. The second-order valence-corrected chi connectivity index (χ2v) is 3.98. The molecule has 2 heteroatoms. The van der Waals surface area contributed by atoms with Gasteiger partial charge in [0.05, 0.1) is 6.17 Å². The van der Waals surface area contributed by atoms with Crippen molar-refractivity contribution < 1.29 is 0 Å². The Morgan fingerprint density at radius 3 is 2.92 bits per heavy atom. The Morgan fingerprint density at radius 1 is 1.46 bits per heavy atom. The minimum Gasteiger partial charge on any atom is -0.358 e. The largest absolute Gasteiger partial charge is 0.358 e. The van der Waals surface area contributed by atoms with E-state index >= 15 is 0 Å². The molecule has 13 heavy (non-hydrogen) atoms. The molecule has 0 aromatic carbocycles. The highest BCUT2D eigenvalue weighted by Crippen LogP contribution is 2.25. The fourth-order valence-electron chi connectivity index (χ4n) is 2.16. The average Bonchev–Trinajstić information content (AvgIpc) is 2.52. The van der Waals surface area contributed by atoms with Gasteiger partial charge in [-0.3, -0.25) is 5.32 Å². The van der Waals surface area contributed by atoms with Crippen LogP contribution in [-0.4, -0.2) is 24.2 Å². The van der Waals surface area contributed by atoms with Crippen LogP contribution in [0.15, 0.2) is 23.9 Å². The molecule has 2 atom stereocenters. The molecule has 2 unspecified atom stereocenters. The van der Waals surface area contributed by atoms with Crippen LogP contribution in [0.25, 0.3) is 0 Å². The van der Waals surface area contributed by atoms with Gasteiger partial charge in [0, 0.05) is 18.8 Å². The van der Waals surface area contributed by atoms with Crippen LogP contribution in [0.1, 0.15) is 20.3 Å². The van der Waals surface area contributed by atoms with Gasteiger partial charge in [-0.1, -0.05) is 19.1 Å². The van der Waals surface area contributed by atoms with E-state index in [1.165, 1.54) is 12.1 Å². The smallest absolute Gasteiger partial charge is 0.0765 e. The third kappa shape index (κ3) is 1.63. The number of hydrogen-bond acceptors (Lipinski definition) is 2. The molecule has 1 aliphatic carbocycles. The van der Waals surface area contributed by atoms with Crippen molar-refractivity contribution in [3.05, 3.63) is 23.9 Å². The van der Waals surface area contributed by atoms with E-state index in [4.69, 9.17) is 0 Å². The van der Waals surface area contributed by atoms with Crippen LogP contribution >= 0.6 is 0 Å². The molecule has 1 aliphatic heterocycles. The standard InChI is InChI=1S/C11H18N2/c1-9-5-3-4-6-11(9)13-8-7-12-10(13)2/h3-4,6,9-10,12H,5,7-8H2,1-2H3. The van der Waals surface area contributed by atoms with E-state index in [9.17, 15) is 0 Å². The van der Waals surface area contributed by atoms with E-state index < -0.39 is 0 Å². The normalized spacial score (nSPS) is 33.7. The SMILES string of the molecule is CC1CC=CC=C1N1CCNC1C. The zero-order valence-electron chi connectivity index (χ0n) is 8.46. The van der Waals surface area contributed by atoms with Crippen LogP contribution in [0.4, 0.5) is 0 Å². The first-order valence-corrected chi connectivity index (χ1v) is 5.16. The third-order valence-electron chi connectivity index (χ3n) is 2.99. The highest BCUT2D eigenvalue weighted by atomic mass is 15.3. The molecule has 0 aromatic rings. The van der Waals surface area contributed by atoms with Gasteiger partial charge >= 0.3 is 0 Å². The minimum atomic E-state index is 0.514. The summed E-state index contributed by atoms with van der Waals surface area (Å²) in [6, 6.07) is 0. The van der Waals surface area contributed by atoms with Crippen molar-refractivity contribution in [2.24, 2.45) is 5.92 Å². The summed E-state index contributed by atoms with van der Waals surface area (Å²) in [5, 5.41) is 3.45. The van der Waals surface area contributed by atoms with Gasteiger partial charge in [-0.15, -0.1) is 0 Å². The second kappa shape index (κ2) is 3.54. The van der Waals surface area contributed by atoms with E-state index in [2.05, 4.69) is 42.3 Å². The third-order valence-corrected chi connectivity index (χ3v) is 2.99. The maximum absolute atomic E-state index is 3.45. The van der Waals surface area contributed by atoms with Crippen molar-refractivity contribution in [3.63, 3.8) is 0 Å². The predicted octanol–water partition coefficient (Wildman–Crippen LogP) is 1.72. The van der Waals surface area contributed by atoms with Crippen molar-refractivity contribution in [3.8, 4) is 0 Å². The van der Waals surface area contributed by atoms with E-state index in [0.717, 1.165) is 13.1 Å². The van der Waals surface area contributed by atoms with Gasteiger partial charge in [0.25, 0.3) is 0 Å². The van der Waals surface area contributed by atoms with Crippen molar-refractivity contribution >= 4 is 0 Å². The fourth-order valence-corrected chi connectivity index (χ4v) is 2.16. The predicted molar refractivity (Wildman–Crippen MR) is 55.2 cm³/mol. The number of nitrogens with one attached hydrogen (secondary N) is 1. The first-order valence-electron chi connectivity index (χ1n) is 5.16. The molecule has 1 fully saturated rings. The summed E-state index contributed by atoms with van der Waals surface area (Å²) in [5.41, 5.74) is 1.50. The molecular weight excluding hydrogens is 160 g/mol. The van der Waals surface area contributed by atoms with E-state index in [0.29, 0.717) is 12.1 Å². The Kier molecular flexibility index (Phi) is 2.40. The lowest BCUT2D eigenvalue weighted by atomic mass is 9.98. The molecule has 0 bridgehead atoms. The second-order valence-electron chi connectivity index (χ2n) is 3.98. The van der Waals surface area contributed by atoms with Gasteiger partial charge in [-0.05, 0) is 25.3 Å². The molecule has 1 N–H and O–H groups in total. The first kappa shape index (κ1) is 8.82. The summed E-state index contributed by atoms with van der Waals surface area (Å²) < 4.78 is 0. The van der Waals surface area contributed by atoms with Crippen molar-refractivity contribution in [1.82, 2.24) is 10.2 Å². The van der Waals surface area contributed by atoms with Crippen LogP contribution in [0.3, 0.4) is 0 Å². The van der Waals surface area contributed by atoms with E-state index in [1.807, 2.05) is 0 Å². The molecule has 1 heterocycles. The number of nitrogens with zero attached hydrogens (tertiary/aromatic N) is 1. The molecule has 0 amide bonds. The summed E-state index contributed by atoms with van der Waals surface area (Å²) >= 11 is 0. The van der Waals surface area contributed by atoms with Crippen LogP contribution in [-0.2, 0) is 0 Å². The number of hydrogen-bond donors (Lipinski definition) is 1. The van der Waals surface area contributed by atoms with Crippen LogP contribution in [0.2, 0.25) is 0 Å². The summed E-state index contributed by atoms with van der Waals surface area (Å²) in [5.74, 6) is 0.687. The van der Waals surface area contributed by atoms with Crippen molar-refractivity contribution in [2.75, 3.05) is 13.1 Å². The minimum absolute atomic E-state index is 0.514. The molecule has 0 radical (unpaired) electrons. The molecular formula is C11H18N2. The van der Waals surface area contributed by atoms with E-state index in [-0.39, 0.29) is 0 Å². The zero-order valence-corrected chi connectivity index (χ0v) is 8.46. The lowest BCUT2D eigenvalue weighted by Crippen LogP contribution is -2.34. The summed E-state index contributed by atoms with van der Waals surface area (Å²) in [7, 11) is 0. The van der Waals surface area contributed by atoms with Gasteiger partial charge in [0.2, 0.25) is 0 Å². The Bertz CT molecular complexity index is 242. The van der Waals surface area contributed by atoms with Crippen molar-refractivity contribution in [1.29, 1.82) is 0 Å². The summed E-state index contributed by atoms with van der Waals surface area (Å²) in [4.78, 5) is 2.48. The maximum Gasteiger partial charge on any atom is 0.0765 e. The van der Waals surface area contributed by atoms with Crippen LogP contribution in [0, 0.1) is 5.92 Å². The molecule has 2 rings (SSSR count). The molecule has 1 saturated heterocycles. The van der Waals surface area contributed by atoms with Gasteiger partial charge in [0.1, 0.15) is 0 Å². The van der Waals surface area contributed by atoms with Gasteiger partial charge in [-0.2, -0.15) is 0 Å². The molecule has 0 spiro atoms. The topological polar surface area (TPSA) is 15.3 Å². The monoisotopic (exact) mass is 178 g/mol. The fraction of sp³-hybridized carbons (Fsp3) is 0.636. The lowest BCUT2D eigenvalue weighted by molar-refractivity contribution is 0.289. The Hall–Kier alpha value is -0.760. The zero-order chi connectivity index (χ0) is 9.26. The highest BCUT2D eigenvalue weighted by Gasteiger charge is 2.24.